The Kier molecular flexibility index (Phi) is 4.96. The molecule has 27 heavy (non-hydrogen) atoms. The first kappa shape index (κ1) is 17.4. The van der Waals surface area contributed by atoms with Crippen molar-refractivity contribution < 1.29 is 4.79 Å². The lowest BCUT2D eigenvalue weighted by atomic mass is 9.95. The van der Waals surface area contributed by atoms with E-state index in [4.69, 9.17) is 0 Å². The van der Waals surface area contributed by atoms with Crippen LogP contribution >= 0.6 is 0 Å². The number of amides is 1. The fourth-order valence-corrected chi connectivity index (χ4v) is 3.67. The van der Waals surface area contributed by atoms with Crippen molar-refractivity contribution in [3.63, 3.8) is 0 Å². The number of rotatable bonds is 4. The summed E-state index contributed by atoms with van der Waals surface area (Å²) >= 11 is 0. The zero-order valence-corrected chi connectivity index (χ0v) is 15.5. The molecule has 3 aromatic rings. The third kappa shape index (κ3) is 3.89. The summed E-state index contributed by atoms with van der Waals surface area (Å²) in [5.41, 5.74) is 2.56. The molecule has 138 valence electrons. The number of hydrogen-bond acceptors (Lipinski definition) is 4. The maximum absolute atomic E-state index is 12.7. The molecule has 6 nitrogen and oxygen atoms in total. The fraction of sp³-hybridized carbons (Fsp3) is 0.333. The van der Waals surface area contributed by atoms with E-state index >= 15 is 0 Å². The van der Waals surface area contributed by atoms with Gasteiger partial charge in [0.05, 0.1) is 6.54 Å². The Morgan fingerprint density at radius 1 is 1.15 bits per heavy atom. The van der Waals surface area contributed by atoms with E-state index in [9.17, 15) is 4.79 Å². The Hall–Kier alpha value is -3.02. The Bertz CT molecular complexity index is 913. The topological polar surface area (TPSA) is 63.9 Å². The van der Waals surface area contributed by atoms with Crippen LogP contribution < -0.4 is 0 Å². The van der Waals surface area contributed by atoms with Crippen molar-refractivity contribution in [1.29, 1.82) is 0 Å². The van der Waals surface area contributed by atoms with E-state index in [2.05, 4.69) is 25.6 Å². The quantitative estimate of drug-likeness (QED) is 0.716. The highest BCUT2D eigenvalue weighted by atomic mass is 16.2. The van der Waals surface area contributed by atoms with Crippen molar-refractivity contribution in [3.8, 4) is 0 Å². The van der Waals surface area contributed by atoms with E-state index in [-0.39, 0.29) is 5.91 Å². The van der Waals surface area contributed by atoms with Gasteiger partial charge in [-0.15, -0.1) is 0 Å². The predicted octanol–water partition coefficient (Wildman–Crippen LogP) is 3.05. The zero-order chi connectivity index (χ0) is 18.6. The van der Waals surface area contributed by atoms with Crippen LogP contribution in [-0.2, 0) is 6.54 Å². The highest BCUT2D eigenvalue weighted by molar-refractivity contribution is 5.92. The van der Waals surface area contributed by atoms with Crippen molar-refractivity contribution >= 4 is 5.91 Å². The largest absolute Gasteiger partial charge is 0.337 e. The third-order valence-corrected chi connectivity index (χ3v) is 5.08. The minimum absolute atomic E-state index is 0.0239. The second-order valence-electron chi connectivity index (χ2n) is 7.01. The molecule has 0 N–H and O–H groups in total. The number of likely N-dealkylation sites (tertiary alicyclic amines) is 1. The summed E-state index contributed by atoms with van der Waals surface area (Å²) in [6.07, 6.45) is 9.40. The van der Waals surface area contributed by atoms with Crippen molar-refractivity contribution in [2.45, 2.75) is 32.2 Å². The molecule has 4 rings (SSSR count). The van der Waals surface area contributed by atoms with Gasteiger partial charge in [0, 0.05) is 49.5 Å². The van der Waals surface area contributed by atoms with Gasteiger partial charge in [-0.3, -0.25) is 9.78 Å². The molecule has 0 saturated carbocycles. The first-order chi connectivity index (χ1) is 13.2. The fourth-order valence-electron chi connectivity index (χ4n) is 3.67. The van der Waals surface area contributed by atoms with Gasteiger partial charge in [-0.2, -0.15) is 0 Å². The maximum Gasteiger partial charge on any atom is 0.272 e. The van der Waals surface area contributed by atoms with Gasteiger partial charge in [0.2, 0.25) is 0 Å². The molecule has 0 spiro atoms. The minimum atomic E-state index is 0.0239. The van der Waals surface area contributed by atoms with Gasteiger partial charge in [0.15, 0.2) is 0 Å². The highest BCUT2D eigenvalue weighted by Gasteiger charge is 2.27. The zero-order valence-electron chi connectivity index (χ0n) is 15.5. The van der Waals surface area contributed by atoms with E-state index in [0.717, 1.165) is 49.6 Å². The molecule has 0 bridgehead atoms. The van der Waals surface area contributed by atoms with Crippen LogP contribution in [0.2, 0.25) is 0 Å². The van der Waals surface area contributed by atoms with Crippen LogP contribution in [0.3, 0.4) is 0 Å². The number of imidazole rings is 1. The third-order valence-electron chi connectivity index (χ3n) is 5.08. The summed E-state index contributed by atoms with van der Waals surface area (Å²) in [6.45, 7) is 4.15. The lowest BCUT2D eigenvalue weighted by Gasteiger charge is -2.31. The van der Waals surface area contributed by atoms with Crippen LogP contribution in [0.1, 0.15) is 46.3 Å². The van der Waals surface area contributed by atoms with Crippen molar-refractivity contribution in [2.24, 2.45) is 0 Å². The number of hydrogen-bond donors (Lipinski definition) is 0. The molecule has 0 aromatic carbocycles. The summed E-state index contributed by atoms with van der Waals surface area (Å²) in [6, 6.07) is 9.62. The standard InChI is InChI=1S/C21H23N5O/c1-16-4-2-6-19(24-16)21(27)25-11-7-18(8-12-25)20-23-10-13-26(20)15-17-5-3-9-22-14-17/h2-6,9-10,13-14,18H,7-8,11-12,15H2,1H3. The summed E-state index contributed by atoms with van der Waals surface area (Å²) < 4.78 is 2.20. The molecule has 1 amide bonds. The lowest BCUT2D eigenvalue weighted by molar-refractivity contribution is 0.0704. The molecule has 6 heteroatoms. The van der Waals surface area contributed by atoms with Crippen LogP contribution in [0.4, 0.5) is 0 Å². The molecule has 1 saturated heterocycles. The number of carbonyl (C=O) groups is 1. The van der Waals surface area contributed by atoms with Crippen molar-refractivity contribution in [2.75, 3.05) is 13.1 Å². The molecule has 0 atom stereocenters. The molecule has 3 aromatic heterocycles. The van der Waals surface area contributed by atoms with Gasteiger partial charge >= 0.3 is 0 Å². The average Bonchev–Trinajstić information content (AvgIpc) is 3.16. The van der Waals surface area contributed by atoms with E-state index in [0.29, 0.717) is 11.6 Å². The van der Waals surface area contributed by atoms with Crippen molar-refractivity contribution in [3.05, 3.63) is 77.9 Å². The normalized spacial score (nSPS) is 15.1. The second kappa shape index (κ2) is 7.70. The van der Waals surface area contributed by atoms with E-state index in [1.807, 2.05) is 48.6 Å². The van der Waals surface area contributed by atoms with Crippen LogP contribution in [-0.4, -0.2) is 43.4 Å². The number of pyridine rings is 2. The van der Waals surface area contributed by atoms with E-state index < -0.39 is 0 Å². The van der Waals surface area contributed by atoms with Gasteiger partial charge in [0.1, 0.15) is 11.5 Å². The van der Waals surface area contributed by atoms with Crippen LogP contribution in [0.5, 0.6) is 0 Å². The van der Waals surface area contributed by atoms with Gasteiger partial charge < -0.3 is 9.47 Å². The second-order valence-corrected chi connectivity index (χ2v) is 7.01. The molecule has 0 aliphatic carbocycles. The average molecular weight is 361 g/mol. The molecule has 1 aliphatic rings. The van der Waals surface area contributed by atoms with Gasteiger partial charge in [-0.1, -0.05) is 12.1 Å². The lowest BCUT2D eigenvalue weighted by Crippen LogP contribution is -2.38. The molecule has 4 heterocycles. The number of carbonyl (C=O) groups excluding carboxylic acids is 1. The summed E-state index contributed by atoms with van der Waals surface area (Å²) in [5.74, 6) is 1.49. The number of aryl methyl sites for hydroxylation is 1. The highest BCUT2D eigenvalue weighted by Crippen LogP contribution is 2.28. The molecule has 1 aliphatic heterocycles. The Morgan fingerprint density at radius 2 is 2.00 bits per heavy atom. The Labute approximate surface area is 158 Å². The van der Waals surface area contributed by atoms with Crippen LogP contribution in [0, 0.1) is 6.92 Å². The van der Waals surface area contributed by atoms with E-state index in [1.165, 1.54) is 0 Å². The smallest absolute Gasteiger partial charge is 0.272 e. The predicted molar refractivity (Wildman–Crippen MR) is 102 cm³/mol. The number of aromatic nitrogens is 4. The maximum atomic E-state index is 12.7. The van der Waals surface area contributed by atoms with Crippen LogP contribution in [0.25, 0.3) is 0 Å². The number of piperidine rings is 1. The summed E-state index contributed by atoms with van der Waals surface area (Å²) in [7, 11) is 0. The monoisotopic (exact) mass is 361 g/mol. The molecule has 1 fully saturated rings. The molecular formula is C21H23N5O. The Morgan fingerprint density at radius 3 is 2.74 bits per heavy atom. The Balaban J connectivity index is 1.41. The van der Waals surface area contributed by atoms with Gasteiger partial charge in [-0.05, 0) is 43.5 Å². The van der Waals surface area contributed by atoms with Gasteiger partial charge in [0.25, 0.3) is 5.91 Å². The number of nitrogens with zero attached hydrogens (tertiary/aromatic N) is 5. The molecule has 0 unspecified atom stereocenters. The summed E-state index contributed by atoms with van der Waals surface area (Å²) in [5, 5.41) is 0. The van der Waals surface area contributed by atoms with E-state index in [1.54, 1.807) is 12.3 Å². The van der Waals surface area contributed by atoms with Crippen molar-refractivity contribution in [1.82, 2.24) is 24.4 Å². The molecular weight excluding hydrogens is 338 g/mol. The SMILES string of the molecule is Cc1cccc(C(=O)N2CCC(c3nccn3Cc3cccnc3)CC2)n1. The first-order valence-corrected chi connectivity index (χ1v) is 9.33. The summed E-state index contributed by atoms with van der Waals surface area (Å²) in [4.78, 5) is 27.8. The minimum Gasteiger partial charge on any atom is -0.337 e. The first-order valence-electron chi connectivity index (χ1n) is 9.33. The van der Waals surface area contributed by atoms with Crippen LogP contribution in [0.15, 0.2) is 55.1 Å². The van der Waals surface area contributed by atoms with Gasteiger partial charge in [-0.25, -0.2) is 9.97 Å². The molecule has 0 radical (unpaired) electrons.